The third kappa shape index (κ3) is 32.0. The maximum absolute atomic E-state index is 12.7. The van der Waals surface area contributed by atoms with Crippen LogP contribution in [0.3, 0.4) is 0 Å². The normalized spacial score (nSPS) is 15.1. The number of unbranched alkanes of at least 4 members (excludes halogenated alkanes) is 7. The van der Waals surface area contributed by atoms with Crippen molar-refractivity contribution in [3.8, 4) is 0 Å². The van der Waals surface area contributed by atoms with E-state index >= 15 is 0 Å². The number of nitrogens with zero attached hydrogens (tertiary/aromatic N) is 1. The minimum atomic E-state index is -4.69. The van der Waals surface area contributed by atoms with E-state index in [1.165, 1.54) is 24.0 Å². The van der Waals surface area contributed by atoms with Gasteiger partial charge in [-0.25, -0.2) is 0 Å². The molecule has 0 radical (unpaired) electrons. The second-order valence-electron chi connectivity index (χ2n) is 17.0. The average Bonchev–Trinajstić information content (AvgIpc) is 3.49. The predicted molar refractivity (Wildman–Crippen MR) is 251 cm³/mol. The first kappa shape index (κ1) is 57.7. The molecule has 12 nitrogen and oxygen atoms in total. The zero-order valence-electron chi connectivity index (χ0n) is 39.7. The monoisotopic (exact) mass is 904 g/mol. The van der Waals surface area contributed by atoms with E-state index in [9.17, 15) is 29.3 Å². The number of aryl methyl sites for hydroxylation is 2. The number of quaternary nitrogens is 1. The molecule has 1 aromatic rings. The molecule has 13 heteroatoms. The number of phosphoric acid groups is 1. The maximum Gasteiger partial charge on any atom is 0.306 e. The zero-order chi connectivity index (χ0) is 46.8. The van der Waals surface area contributed by atoms with Crippen LogP contribution in [0.15, 0.2) is 77.3 Å². The third-order valence-corrected chi connectivity index (χ3v) is 11.1. The number of furan rings is 1. The summed E-state index contributed by atoms with van der Waals surface area (Å²) in [7, 11) is 1.02. The van der Waals surface area contributed by atoms with E-state index in [0.29, 0.717) is 43.1 Å². The van der Waals surface area contributed by atoms with Crippen molar-refractivity contribution in [3.05, 3.63) is 95.6 Å². The number of hydrogen-bond donors (Lipinski definition) is 2. The lowest BCUT2D eigenvalue weighted by Crippen LogP contribution is -2.37. The molecule has 0 bridgehead atoms. The molecule has 0 saturated carbocycles. The summed E-state index contributed by atoms with van der Waals surface area (Å²) >= 11 is 0. The van der Waals surface area contributed by atoms with Crippen LogP contribution in [-0.4, -0.2) is 92.5 Å². The number of esters is 2. The fourth-order valence-corrected chi connectivity index (χ4v) is 6.92. The predicted octanol–water partition coefficient (Wildman–Crippen LogP) is 9.98. The van der Waals surface area contributed by atoms with Gasteiger partial charge < -0.3 is 42.5 Å². The van der Waals surface area contributed by atoms with Gasteiger partial charge in [0.1, 0.15) is 31.3 Å². The van der Waals surface area contributed by atoms with Gasteiger partial charge in [0, 0.05) is 25.7 Å². The molecular formula is C50H82NO11P. The molecule has 0 aliphatic carbocycles. The molecule has 63 heavy (non-hydrogen) atoms. The molecule has 1 rings (SSSR count). The summed E-state index contributed by atoms with van der Waals surface area (Å²) in [5.41, 5.74) is 2.60. The number of rotatable bonds is 37. The summed E-state index contributed by atoms with van der Waals surface area (Å²) in [6.07, 6.45) is 34.3. The van der Waals surface area contributed by atoms with Crippen molar-refractivity contribution in [2.45, 2.75) is 162 Å². The Morgan fingerprint density at radius 1 is 0.714 bits per heavy atom. The zero-order valence-corrected chi connectivity index (χ0v) is 40.6. The van der Waals surface area contributed by atoms with Crippen molar-refractivity contribution in [2.24, 2.45) is 0 Å². The van der Waals surface area contributed by atoms with Crippen molar-refractivity contribution >= 4 is 19.8 Å². The molecule has 358 valence electrons. The summed E-state index contributed by atoms with van der Waals surface area (Å²) in [6.45, 7) is 8.01. The SMILES string of the molecule is CC/C=C\C[C@H](O)/C=C/C=C\C=C\[C@H](O)C/C=C\C/C=C\CCC(=O)O[C@H](COC(=O)CCCCCCCCCCc1oc(CCC)c(C)c1C)COP(=O)([O-])OCC[N+](C)(C)C. The first-order chi connectivity index (χ1) is 30.1. The standard InChI is InChI=1S/C50H82NO11P/c1-8-10-23-31-44(52)33-25-21-22-26-34-45(53)32-24-17-15-16-20-29-37-50(55)61-46(41-60-63(56,57)59-39-38-51(5,6)7)40-58-49(54)36-28-19-14-12-11-13-18-27-35-48-43(4)42(3)47(62-48)30-9-2/h10,16-17,20-26,33-34,44-46,52-53H,8-9,11-15,18-19,27-32,35-41H2,1-7H3/b20-16-,22-21-,23-10-,24-17-,33-25+,34-26+/t44-,45+,46+/m0/s1. The molecule has 1 aromatic heterocycles. The molecule has 1 heterocycles. The number of carbonyl (C=O) groups excluding carboxylic acids is 2. The number of hydrogen-bond acceptors (Lipinski definition) is 11. The third-order valence-electron chi connectivity index (χ3n) is 10.1. The second-order valence-corrected chi connectivity index (χ2v) is 18.4. The van der Waals surface area contributed by atoms with Gasteiger partial charge in [-0.3, -0.25) is 14.2 Å². The van der Waals surface area contributed by atoms with Crippen molar-refractivity contribution in [1.82, 2.24) is 0 Å². The minimum Gasteiger partial charge on any atom is -0.756 e. The largest absolute Gasteiger partial charge is 0.756 e. The number of aliphatic hydroxyl groups is 2. The Morgan fingerprint density at radius 3 is 1.89 bits per heavy atom. The molecule has 4 atom stereocenters. The molecule has 0 amide bonds. The van der Waals surface area contributed by atoms with Crippen LogP contribution in [0.25, 0.3) is 0 Å². The van der Waals surface area contributed by atoms with Crippen LogP contribution in [0.1, 0.15) is 139 Å². The smallest absolute Gasteiger partial charge is 0.306 e. The lowest BCUT2D eigenvalue weighted by atomic mass is 10.0. The van der Waals surface area contributed by atoms with Gasteiger partial charge in [0.2, 0.25) is 0 Å². The highest BCUT2D eigenvalue weighted by molar-refractivity contribution is 7.45. The fraction of sp³-hybridized carbons (Fsp3) is 0.640. The van der Waals surface area contributed by atoms with E-state index in [1.54, 1.807) is 36.5 Å². The highest BCUT2D eigenvalue weighted by Gasteiger charge is 2.22. The summed E-state index contributed by atoms with van der Waals surface area (Å²) < 4.78 is 39.9. The maximum atomic E-state index is 12.7. The van der Waals surface area contributed by atoms with E-state index in [-0.39, 0.29) is 26.1 Å². The van der Waals surface area contributed by atoms with E-state index in [4.69, 9.17) is 22.9 Å². The highest BCUT2D eigenvalue weighted by Crippen LogP contribution is 2.38. The molecular weight excluding hydrogens is 822 g/mol. The second kappa shape index (κ2) is 35.0. The van der Waals surface area contributed by atoms with E-state index in [0.717, 1.165) is 69.3 Å². The molecule has 1 unspecified atom stereocenters. The van der Waals surface area contributed by atoms with Crippen molar-refractivity contribution < 1.29 is 56.7 Å². The lowest BCUT2D eigenvalue weighted by molar-refractivity contribution is -0.870. The Labute approximate surface area is 380 Å². The van der Waals surface area contributed by atoms with E-state index < -0.39 is 44.7 Å². The lowest BCUT2D eigenvalue weighted by Gasteiger charge is -2.28. The number of aliphatic hydroxyl groups excluding tert-OH is 2. The summed E-state index contributed by atoms with van der Waals surface area (Å²) in [4.78, 5) is 37.7. The van der Waals surface area contributed by atoms with Crippen molar-refractivity contribution in [3.63, 3.8) is 0 Å². The Balaban J connectivity index is 2.43. The van der Waals surface area contributed by atoms with Crippen LogP contribution in [0.2, 0.25) is 0 Å². The van der Waals surface area contributed by atoms with Crippen LogP contribution >= 0.6 is 7.82 Å². The van der Waals surface area contributed by atoms with Crippen molar-refractivity contribution in [2.75, 3.05) is 47.5 Å². The van der Waals surface area contributed by atoms with Crippen LogP contribution in [0.4, 0.5) is 0 Å². The van der Waals surface area contributed by atoms with Crippen LogP contribution in [-0.2, 0) is 45.5 Å². The molecule has 2 N–H and O–H groups in total. The van der Waals surface area contributed by atoms with Gasteiger partial charge in [-0.15, -0.1) is 0 Å². The first-order valence-corrected chi connectivity index (χ1v) is 24.7. The van der Waals surface area contributed by atoms with Crippen LogP contribution < -0.4 is 4.89 Å². The minimum absolute atomic E-state index is 0.0318. The number of likely N-dealkylation sites (N-methyl/N-ethyl adjacent to an activating group) is 1. The first-order valence-electron chi connectivity index (χ1n) is 23.2. The van der Waals surface area contributed by atoms with Gasteiger partial charge in [-0.1, -0.05) is 125 Å². The Hall–Kier alpha value is -3.35. The van der Waals surface area contributed by atoms with Crippen molar-refractivity contribution in [1.29, 1.82) is 0 Å². The number of phosphoric ester groups is 1. The molecule has 0 fully saturated rings. The van der Waals surface area contributed by atoms with Gasteiger partial charge in [0.15, 0.2) is 6.10 Å². The van der Waals surface area contributed by atoms with E-state index in [2.05, 4.69) is 20.8 Å². The summed E-state index contributed by atoms with van der Waals surface area (Å²) in [6, 6.07) is 0. The van der Waals surface area contributed by atoms with E-state index in [1.807, 2.05) is 64.5 Å². The Bertz CT molecular complexity index is 1620. The van der Waals surface area contributed by atoms with Crippen LogP contribution in [0, 0.1) is 13.8 Å². The summed E-state index contributed by atoms with van der Waals surface area (Å²) in [5.74, 6) is 1.24. The molecule has 0 aliphatic heterocycles. The quantitative estimate of drug-likeness (QED) is 0.0163. The Morgan fingerprint density at radius 2 is 1.29 bits per heavy atom. The van der Waals surface area contributed by atoms with Gasteiger partial charge in [0.25, 0.3) is 7.82 Å². The molecule has 0 aliphatic rings. The number of ether oxygens (including phenoxy) is 2. The Kier molecular flexibility index (Phi) is 32.0. The van der Waals surface area contributed by atoms with Gasteiger partial charge in [-0.2, -0.15) is 0 Å². The van der Waals surface area contributed by atoms with Gasteiger partial charge in [0.05, 0.1) is 40.0 Å². The molecule has 0 spiro atoms. The van der Waals surface area contributed by atoms with Gasteiger partial charge in [-0.05, 0) is 76.3 Å². The van der Waals surface area contributed by atoms with Gasteiger partial charge >= 0.3 is 11.9 Å². The highest BCUT2D eigenvalue weighted by atomic mass is 31.2. The number of allylic oxidation sites excluding steroid dienone is 8. The van der Waals surface area contributed by atoms with Crippen LogP contribution in [0.5, 0.6) is 0 Å². The average molecular weight is 904 g/mol. The summed E-state index contributed by atoms with van der Waals surface area (Å²) in [5, 5.41) is 20.0. The molecule has 0 aromatic carbocycles. The fourth-order valence-electron chi connectivity index (χ4n) is 6.20. The molecule has 0 saturated heterocycles. The topological polar surface area (TPSA) is 165 Å². The number of carbonyl (C=O) groups is 2.